The third-order valence-electron chi connectivity index (χ3n) is 15.3. The predicted molar refractivity (Wildman–Crippen MR) is 289 cm³/mol. The van der Waals surface area contributed by atoms with Gasteiger partial charge < -0.3 is 69.4 Å². The van der Waals surface area contributed by atoms with Gasteiger partial charge in [0.2, 0.25) is 30.3 Å². The van der Waals surface area contributed by atoms with E-state index in [2.05, 4.69) is 15.5 Å². The molecule has 2 aromatic rings. The van der Waals surface area contributed by atoms with E-state index in [1.165, 1.54) is 39.5 Å². The Kier molecular flexibility index (Phi) is 26.2. The summed E-state index contributed by atoms with van der Waals surface area (Å²) >= 11 is 0. The third kappa shape index (κ3) is 17.1. The number of carbonyl (C=O) groups excluding carboxylic acids is 7. The van der Waals surface area contributed by atoms with Gasteiger partial charge >= 0.3 is 6.09 Å². The van der Waals surface area contributed by atoms with E-state index in [0.717, 1.165) is 4.90 Å². The topological polar surface area (TPSA) is 325 Å². The number of ketones is 1. The van der Waals surface area contributed by atoms with Crippen molar-refractivity contribution in [3.05, 3.63) is 59.7 Å². The van der Waals surface area contributed by atoms with Crippen molar-refractivity contribution in [2.75, 3.05) is 46.8 Å². The summed E-state index contributed by atoms with van der Waals surface area (Å²) < 4.78 is 33.7. The lowest BCUT2D eigenvalue weighted by molar-refractivity contribution is -0.321. The van der Waals surface area contributed by atoms with Crippen LogP contribution >= 0.6 is 0 Å². The molecule has 2 aliphatic heterocycles. The van der Waals surface area contributed by atoms with Crippen LogP contribution in [0.2, 0.25) is 0 Å². The zero-order valence-electron chi connectivity index (χ0n) is 48.1. The molecule has 5 amide bonds. The van der Waals surface area contributed by atoms with Gasteiger partial charge in [-0.15, -0.1) is 0 Å². The Morgan fingerprint density at radius 3 is 2.12 bits per heavy atom. The van der Waals surface area contributed by atoms with Crippen molar-refractivity contribution in [3.63, 3.8) is 0 Å². The van der Waals surface area contributed by atoms with Gasteiger partial charge in [-0.05, 0) is 61.3 Å². The fourth-order valence-electron chi connectivity index (χ4n) is 10.6. The Morgan fingerprint density at radius 2 is 1.54 bits per heavy atom. The quantitative estimate of drug-likeness (QED) is 0.0437. The molecule has 448 valence electrons. The van der Waals surface area contributed by atoms with E-state index >= 15 is 0 Å². The number of aliphatic hydroxyl groups excluding tert-OH is 4. The third-order valence-corrected chi connectivity index (χ3v) is 15.3. The number of carbonyl (C=O) groups is 7. The van der Waals surface area contributed by atoms with Gasteiger partial charge in [-0.1, -0.05) is 85.2 Å². The van der Waals surface area contributed by atoms with Crippen LogP contribution in [0, 0.1) is 29.6 Å². The van der Waals surface area contributed by atoms with E-state index in [9.17, 15) is 54.0 Å². The maximum Gasteiger partial charge on any atom is 0.410 e. The Balaban J connectivity index is 1.50. The van der Waals surface area contributed by atoms with Gasteiger partial charge in [0.1, 0.15) is 37.3 Å². The fourth-order valence-corrected chi connectivity index (χ4v) is 10.6. The summed E-state index contributed by atoms with van der Waals surface area (Å²) in [7, 11) is 6.02. The van der Waals surface area contributed by atoms with E-state index in [4.69, 9.17) is 34.3 Å². The number of likely N-dealkylation sites (N-methyl/N-ethyl adjacent to an activating group) is 2. The molecule has 0 bridgehead atoms. The van der Waals surface area contributed by atoms with Crippen molar-refractivity contribution in [1.82, 2.24) is 20.0 Å². The minimum atomic E-state index is -1.87. The van der Waals surface area contributed by atoms with E-state index < -0.39 is 122 Å². The molecule has 2 aliphatic rings. The lowest BCUT2D eigenvalue weighted by Crippen LogP contribution is -2.59. The lowest BCUT2D eigenvalue weighted by Gasteiger charge is -2.41. The van der Waals surface area contributed by atoms with Crippen LogP contribution in [0.5, 0.6) is 5.75 Å². The molecule has 24 nitrogen and oxygen atoms in total. The highest BCUT2D eigenvalue weighted by Gasteiger charge is 2.47. The Morgan fingerprint density at radius 1 is 0.875 bits per heavy atom. The van der Waals surface area contributed by atoms with Gasteiger partial charge in [0.25, 0.3) is 12.4 Å². The number of aliphatic hydroxyl groups is 4. The molecule has 80 heavy (non-hydrogen) atoms. The summed E-state index contributed by atoms with van der Waals surface area (Å²) in [5.74, 6) is 0.376. The number of hydrogen-bond donors (Lipinski definition) is 7. The van der Waals surface area contributed by atoms with Gasteiger partial charge in [0, 0.05) is 58.4 Å². The minimum absolute atomic E-state index is 0.0264. The summed E-state index contributed by atoms with van der Waals surface area (Å²) in [6.45, 7) is 13.9. The van der Waals surface area contributed by atoms with Crippen molar-refractivity contribution >= 4 is 47.7 Å². The van der Waals surface area contributed by atoms with Gasteiger partial charge in [-0.2, -0.15) is 0 Å². The average Bonchev–Trinajstić information content (AvgIpc) is 3.94. The molecule has 2 heterocycles. The molecule has 2 aromatic carbocycles. The first kappa shape index (κ1) is 66.7. The molecular formula is C56H86N6O18. The van der Waals surface area contributed by atoms with Gasteiger partial charge in [-0.3, -0.25) is 38.3 Å². The number of Topliss-reactive ketones (excluding diaryl/α,β-unsaturated/α-hetero) is 1. The normalized spacial score (nSPS) is 22.6. The first-order valence-electron chi connectivity index (χ1n) is 27.1. The molecule has 2 fully saturated rings. The van der Waals surface area contributed by atoms with Gasteiger partial charge in [0.15, 0.2) is 5.78 Å². The summed E-state index contributed by atoms with van der Waals surface area (Å²) in [5, 5.41) is 47.8. The molecular weight excluding hydrogens is 1040 g/mol. The number of likely N-dealkylation sites (tertiary alicyclic amines) is 1. The standard InChI is InChI=1S/C56H86N6O18/c1-13-32(6)46(42(74-11)26-44(66)62-23-17-20-39(62)51(75-12)33(7)52(71)58-34(8)47(67)35-18-15-14-16-19-35)60(9)53(72)38(30(2)3)25-40(64)45(31(4)5)61(10)56(73)76-27-36-24-37(59-43(65)28-78-57)21-22-41(36)79-55-50(70)48(68)49(69)54(80-55)77-29-63/h14-16,18-19,21-22,24,29-34,38-39,42,45-51,54-55,67-70H,13,17,20,23,25-28,57H2,1-12H3,(H,58,71)(H,59,65)/t32-,33+,34+,38-,39-,42+,45-,46-,47+,48?,49?,50?,51+,54?,55?/m0/s1. The highest BCUT2D eigenvalue weighted by molar-refractivity contribution is 5.93. The molecule has 0 spiro atoms. The largest absolute Gasteiger partial charge is 0.461 e. The monoisotopic (exact) mass is 1130 g/mol. The van der Waals surface area contributed by atoms with Crippen molar-refractivity contribution < 1.29 is 87.2 Å². The Hall–Kier alpha value is -5.83. The van der Waals surface area contributed by atoms with Crippen LogP contribution in [-0.4, -0.2) is 186 Å². The highest BCUT2D eigenvalue weighted by atomic mass is 16.8. The first-order valence-corrected chi connectivity index (χ1v) is 27.1. The molecule has 0 radical (unpaired) electrons. The van der Waals surface area contributed by atoms with Crippen molar-refractivity contribution in [2.24, 2.45) is 35.5 Å². The zero-order chi connectivity index (χ0) is 59.7. The lowest BCUT2D eigenvalue weighted by atomic mass is 9.83. The second-order valence-corrected chi connectivity index (χ2v) is 21.5. The van der Waals surface area contributed by atoms with Crippen molar-refractivity contribution in [3.8, 4) is 5.75 Å². The number of amides is 5. The van der Waals surface area contributed by atoms with Crippen molar-refractivity contribution in [1.29, 1.82) is 0 Å². The van der Waals surface area contributed by atoms with Crippen LogP contribution in [0.25, 0.3) is 0 Å². The smallest absolute Gasteiger partial charge is 0.410 e. The zero-order valence-corrected chi connectivity index (χ0v) is 48.1. The van der Waals surface area contributed by atoms with Crippen LogP contribution < -0.4 is 21.3 Å². The Bertz CT molecular complexity index is 2350. The maximum atomic E-state index is 14.9. The molecule has 5 unspecified atom stereocenters. The number of ether oxygens (including phenoxy) is 6. The van der Waals surface area contributed by atoms with Gasteiger partial charge in [0.05, 0.1) is 54.8 Å². The Labute approximate surface area is 468 Å². The summed E-state index contributed by atoms with van der Waals surface area (Å²) in [5.41, 5.74) is 0.911. The second kappa shape index (κ2) is 31.4. The van der Waals surface area contributed by atoms with Crippen LogP contribution in [0.1, 0.15) is 105 Å². The summed E-state index contributed by atoms with van der Waals surface area (Å²) in [4.78, 5) is 104. The van der Waals surface area contributed by atoms with Crippen LogP contribution in [-0.2, 0) is 63.9 Å². The number of nitrogens with two attached hydrogens (primary N) is 1. The van der Waals surface area contributed by atoms with E-state index in [1.807, 2.05) is 45.9 Å². The van der Waals surface area contributed by atoms with E-state index in [1.54, 1.807) is 56.7 Å². The van der Waals surface area contributed by atoms with Crippen molar-refractivity contribution in [2.45, 2.75) is 167 Å². The SMILES string of the molecule is CC[C@H](C)[C@@H]([C@@H](CC(=O)N1CCC[C@H]1[C@H](OC)[C@@H](C)C(=O)N[C@H](C)[C@@H](O)c1ccccc1)OC)N(C)C(=O)[C@@H](CC(=O)[C@H](C(C)C)N(C)C(=O)OCc1cc(NC(=O)CON)ccc1OC1OC(OC=O)C(O)C(O)C1O)C(C)C. The molecule has 4 rings (SSSR count). The molecule has 0 aliphatic carbocycles. The number of hydrogen-bond acceptors (Lipinski definition) is 19. The molecule has 15 atom stereocenters. The van der Waals surface area contributed by atoms with Crippen LogP contribution in [0.15, 0.2) is 48.5 Å². The molecule has 24 heteroatoms. The maximum absolute atomic E-state index is 14.9. The molecule has 8 N–H and O–H groups in total. The number of rotatable bonds is 30. The number of nitrogens with one attached hydrogen (secondary N) is 2. The molecule has 0 aromatic heterocycles. The summed E-state index contributed by atoms with van der Waals surface area (Å²) in [6, 6.07) is 10.3. The van der Waals surface area contributed by atoms with Crippen LogP contribution in [0.3, 0.4) is 0 Å². The number of methoxy groups -OCH3 is 2. The predicted octanol–water partition coefficient (Wildman–Crippen LogP) is 2.82. The van der Waals surface area contributed by atoms with Crippen LogP contribution in [0.4, 0.5) is 10.5 Å². The second-order valence-electron chi connectivity index (χ2n) is 21.5. The number of nitrogens with zero attached hydrogens (tertiary/aromatic N) is 3. The fraction of sp³-hybridized carbons (Fsp3) is 0.661. The molecule has 2 saturated heterocycles. The summed E-state index contributed by atoms with van der Waals surface area (Å²) in [6.07, 6.45) is -10.8. The van der Waals surface area contributed by atoms with Gasteiger partial charge in [-0.25, -0.2) is 10.7 Å². The highest BCUT2D eigenvalue weighted by Crippen LogP contribution is 2.33. The average molecular weight is 1130 g/mol. The molecule has 0 saturated carbocycles. The number of benzene rings is 2. The van der Waals surface area contributed by atoms with E-state index in [0.29, 0.717) is 31.4 Å². The van der Waals surface area contributed by atoms with E-state index in [-0.39, 0.29) is 65.9 Å². The first-order chi connectivity index (χ1) is 37.9. The number of anilines is 1. The minimum Gasteiger partial charge on any atom is -0.461 e.